The molecule has 0 nitrogen and oxygen atoms in total. The molecule has 0 radical (unpaired) electrons. The van der Waals surface area contributed by atoms with Gasteiger partial charge in [-0.15, -0.1) is 0 Å². The van der Waals surface area contributed by atoms with E-state index in [1.807, 2.05) is 0 Å². The topological polar surface area (TPSA) is 0 Å². The first-order chi connectivity index (χ1) is 9.43. The first kappa shape index (κ1) is 17.1. The zero-order valence-corrected chi connectivity index (χ0v) is 13.6. The standard InChI is InChI=1S/C19H38/c1-2-3-4-5-6-7-8-9-10-11-12-13-16-19-17-14-15-18-19/h19H,2-18H2,1H3. The Labute approximate surface area is 122 Å². The maximum absolute atomic E-state index is 2.30. The molecule has 1 aliphatic rings. The molecular weight excluding hydrogens is 228 g/mol. The zero-order valence-electron chi connectivity index (χ0n) is 13.6. The molecule has 0 aliphatic heterocycles. The van der Waals surface area contributed by atoms with Crippen molar-refractivity contribution in [3.63, 3.8) is 0 Å². The molecule has 0 bridgehead atoms. The van der Waals surface area contributed by atoms with E-state index in [2.05, 4.69) is 6.92 Å². The van der Waals surface area contributed by atoms with Crippen LogP contribution in [0.1, 0.15) is 116 Å². The Kier molecular flexibility index (Phi) is 11.7. The van der Waals surface area contributed by atoms with Crippen molar-refractivity contribution in [2.24, 2.45) is 5.92 Å². The van der Waals surface area contributed by atoms with Crippen molar-refractivity contribution in [3.05, 3.63) is 0 Å². The Morgan fingerprint density at radius 2 is 1.00 bits per heavy atom. The fourth-order valence-electron chi connectivity index (χ4n) is 3.57. The van der Waals surface area contributed by atoms with Crippen LogP contribution in [0.3, 0.4) is 0 Å². The highest BCUT2D eigenvalue weighted by Crippen LogP contribution is 2.29. The summed E-state index contributed by atoms with van der Waals surface area (Å²) in [5, 5.41) is 0. The van der Waals surface area contributed by atoms with Gasteiger partial charge in [0.25, 0.3) is 0 Å². The molecule has 0 amide bonds. The van der Waals surface area contributed by atoms with Gasteiger partial charge >= 0.3 is 0 Å². The highest BCUT2D eigenvalue weighted by atomic mass is 14.2. The number of rotatable bonds is 13. The molecule has 0 saturated heterocycles. The zero-order chi connectivity index (χ0) is 13.6. The summed E-state index contributed by atoms with van der Waals surface area (Å²) in [6, 6.07) is 0. The van der Waals surface area contributed by atoms with Crippen LogP contribution in [-0.4, -0.2) is 0 Å². The summed E-state index contributed by atoms with van der Waals surface area (Å²) in [5.74, 6) is 1.11. The molecule has 19 heavy (non-hydrogen) atoms. The third kappa shape index (κ3) is 10.4. The summed E-state index contributed by atoms with van der Waals surface area (Å²) in [7, 11) is 0. The number of hydrogen-bond donors (Lipinski definition) is 0. The smallest absolute Gasteiger partial charge is 0.0414 e. The van der Waals surface area contributed by atoms with Gasteiger partial charge in [-0.05, 0) is 5.92 Å². The lowest BCUT2D eigenvalue weighted by molar-refractivity contribution is 0.459. The van der Waals surface area contributed by atoms with Crippen molar-refractivity contribution in [3.8, 4) is 0 Å². The minimum atomic E-state index is 1.11. The molecule has 1 saturated carbocycles. The fourth-order valence-corrected chi connectivity index (χ4v) is 3.57. The normalized spacial score (nSPS) is 16.3. The van der Waals surface area contributed by atoms with Gasteiger partial charge in [0.15, 0.2) is 0 Å². The molecule has 0 aromatic carbocycles. The second-order valence-corrected chi connectivity index (χ2v) is 6.83. The lowest BCUT2D eigenvalue weighted by Gasteiger charge is -2.08. The molecule has 0 unspecified atom stereocenters. The van der Waals surface area contributed by atoms with E-state index in [0.29, 0.717) is 0 Å². The van der Waals surface area contributed by atoms with Crippen molar-refractivity contribution >= 4 is 0 Å². The van der Waals surface area contributed by atoms with Gasteiger partial charge in [-0.1, -0.05) is 116 Å². The van der Waals surface area contributed by atoms with Crippen LogP contribution in [0, 0.1) is 5.92 Å². The second kappa shape index (κ2) is 13.0. The Balaban J connectivity index is 1.67. The molecule has 1 aliphatic carbocycles. The van der Waals surface area contributed by atoms with Crippen LogP contribution in [0.15, 0.2) is 0 Å². The number of unbranched alkanes of at least 4 members (excludes halogenated alkanes) is 11. The Bertz CT molecular complexity index is 167. The molecule has 0 aromatic heterocycles. The largest absolute Gasteiger partial charge is 0.0654 e. The first-order valence-corrected chi connectivity index (χ1v) is 9.43. The molecule has 114 valence electrons. The summed E-state index contributed by atoms with van der Waals surface area (Å²) in [5.41, 5.74) is 0. The van der Waals surface area contributed by atoms with Gasteiger partial charge < -0.3 is 0 Å². The van der Waals surface area contributed by atoms with E-state index in [0.717, 1.165) is 5.92 Å². The van der Waals surface area contributed by atoms with Gasteiger partial charge in [0, 0.05) is 0 Å². The Morgan fingerprint density at radius 3 is 1.47 bits per heavy atom. The maximum atomic E-state index is 2.30. The van der Waals surface area contributed by atoms with Crippen LogP contribution in [0.2, 0.25) is 0 Å². The van der Waals surface area contributed by atoms with E-state index in [4.69, 9.17) is 0 Å². The van der Waals surface area contributed by atoms with E-state index in [1.54, 1.807) is 0 Å². The minimum absolute atomic E-state index is 1.11. The van der Waals surface area contributed by atoms with Gasteiger partial charge in [0.2, 0.25) is 0 Å². The molecule has 0 heterocycles. The maximum Gasteiger partial charge on any atom is -0.0414 e. The van der Waals surface area contributed by atoms with Crippen LogP contribution in [0.5, 0.6) is 0 Å². The molecule has 1 fully saturated rings. The molecule has 0 heteroatoms. The number of hydrogen-bond acceptors (Lipinski definition) is 0. The third-order valence-electron chi connectivity index (χ3n) is 4.94. The molecule has 0 atom stereocenters. The Hall–Kier alpha value is 0. The predicted octanol–water partition coefficient (Wildman–Crippen LogP) is 7.27. The monoisotopic (exact) mass is 266 g/mol. The second-order valence-electron chi connectivity index (χ2n) is 6.83. The van der Waals surface area contributed by atoms with E-state index < -0.39 is 0 Å². The van der Waals surface area contributed by atoms with Crippen molar-refractivity contribution in [1.29, 1.82) is 0 Å². The van der Waals surface area contributed by atoms with Gasteiger partial charge in [-0.2, -0.15) is 0 Å². The third-order valence-corrected chi connectivity index (χ3v) is 4.94. The summed E-state index contributed by atoms with van der Waals surface area (Å²) in [4.78, 5) is 0. The van der Waals surface area contributed by atoms with E-state index in [1.165, 1.54) is 109 Å². The average Bonchev–Trinajstić information content (AvgIpc) is 2.93. The average molecular weight is 267 g/mol. The van der Waals surface area contributed by atoms with Crippen LogP contribution in [-0.2, 0) is 0 Å². The van der Waals surface area contributed by atoms with Gasteiger partial charge in [0.1, 0.15) is 0 Å². The van der Waals surface area contributed by atoms with Gasteiger partial charge in [0.05, 0.1) is 0 Å². The highest BCUT2D eigenvalue weighted by molar-refractivity contribution is 4.66. The molecular formula is C19H38. The van der Waals surface area contributed by atoms with E-state index in [9.17, 15) is 0 Å². The summed E-state index contributed by atoms with van der Waals surface area (Å²) in [6.45, 7) is 2.30. The van der Waals surface area contributed by atoms with Crippen LogP contribution >= 0.6 is 0 Å². The highest BCUT2D eigenvalue weighted by Gasteiger charge is 2.13. The summed E-state index contributed by atoms with van der Waals surface area (Å²) >= 11 is 0. The van der Waals surface area contributed by atoms with Crippen molar-refractivity contribution in [1.82, 2.24) is 0 Å². The minimum Gasteiger partial charge on any atom is -0.0654 e. The van der Waals surface area contributed by atoms with E-state index >= 15 is 0 Å². The van der Waals surface area contributed by atoms with Crippen molar-refractivity contribution < 1.29 is 0 Å². The summed E-state index contributed by atoms with van der Waals surface area (Å²) < 4.78 is 0. The SMILES string of the molecule is CCCCCCCCCCCCCCC1CCCC1. The molecule has 0 aromatic rings. The predicted molar refractivity (Wildman–Crippen MR) is 87.7 cm³/mol. The van der Waals surface area contributed by atoms with Crippen LogP contribution < -0.4 is 0 Å². The van der Waals surface area contributed by atoms with E-state index in [-0.39, 0.29) is 0 Å². The Morgan fingerprint density at radius 1 is 0.579 bits per heavy atom. The lowest BCUT2D eigenvalue weighted by atomic mass is 9.99. The van der Waals surface area contributed by atoms with Crippen molar-refractivity contribution in [2.75, 3.05) is 0 Å². The molecule has 0 spiro atoms. The first-order valence-electron chi connectivity index (χ1n) is 9.43. The quantitative estimate of drug-likeness (QED) is 0.307. The lowest BCUT2D eigenvalue weighted by Crippen LogP contribution is -1.92. The van der Waals surface area contributed by atoms with Crippen LogP contribution in [0.25, 0.3) is 0 Å². The molecule has 0 N–H and O–H groups in total. The van der Waals surface area contributed by atoms with Crippen LogP contribution in [0.4, 0.5) is 0 Å². The van der Waals surface area contributed by atoms with Gasteiger partial charge in [-0.3, -0.25) is 0 Å². The molecule has 1 rings (SSSR count). The van der Waals surface area contributed by atoms with Gasteiger partial charge in [-0.25, -0.2) is 0 Å². The van der Waals surface area contributed by atoms with Crippen molar-refractivity contribution in [2.45, 2.75) is 116 Å². The summed E-state index contributed by atoms with van der Waals surface area (Å²) in [6.07, 6.45) is 25.4. The fraction of sp³-hybridized carbons (Fsp3) is 1.00.